The summed E-state index contributed by atoms with van der Waals surface area (Å²) in [6.07, 6.45) is 1.41. The zero-order valence-corrected chi connectivity index (χ0v) is 7.94. The predicted molar refractivity (Wildman–Crippen MR) is 52.3 cm³/mol. The van der Waals surface area contributed by atoms with Gasteiger partial charge in [0.1, 0.15) is 12.4 Å². The van der Waals surface area contributed by atoms with Gasteiger partial charge in [0.15, 0.2) is 0 Å². The number of rotatable bonds is 3. The molecular formula is C11H14O3. The molecule has 2 rings (SSSR count). The highest BCUT2D eigenvalue weighted by atomic mass is 16.5. The summed E-state index contributed by atoms with van der Waals surface area (Å²) < 4.78 is 5.28. The van der Waals surface area contributed by atoms with E-state index in [0.717, 1.165) is 29.7 Å². The summed E-state index contributed by atoms with van der Waals surface area (Å²) in [7, 11) is 0. The number of aryl methyl sites for hydroxylation is 1. The SMILES string of the molecule is OCCOc1ccc2c(c1)CC[C@@H]2O. The minimum atomic E-state index is -0.308. The highest BCUT2D eigenvalue weighted by Gasteiger charge is 2.20. The Morgan fingerprint density at radius 3 is 3.07 bits per heavy atom. The second-order valence-corrected chi connectivity index (χ2v) is 3.49. The number of aliphatic hydroxyl groups is 2. The van der Waals surface area contributed by atoms with E-state index < -0.39 is 0 Å². The molecule has 0 unspecified atom stereocenters. The van der Waals surface area contributed by atoms with E-state index in [9.17, 15) is 5.11 Å². The topological polar surface area (TPSA) is 49.7 Å². The zero-order chi connectivity index (χ0) is 9.97. The number of hydrogen-bond acceptors (Lipinski definition) is 3. The highest BCUT2D eigenvalue weighted by Crippen LogP contribution is 2.33. The van der Waals surface area contributed by atoms with Crippen LogP contribution in [0.3, 0.4) is 0 Å². The van der Waals surface area contributed by atoms with Crippen LogP contribution in [0.1, 0.15) is 23.7 Å². The summed E-state index contributed by atoms with van der Waals surface area (Å²) >= 11 is 0. The summed E-state index contributed by atoms with van der Waals surface area (Å²) in [6.45, 7) is 0.348. The number of aliphatic hydroxyl groups excluding tert-OH is 2. The Morgan fingerprint density at radius 1 is 1.43 bits per heavy atom. The minimum Gasteiger partial charge on any atom is -0.491 e. The van der Waals surface area contributed by atoms with Crippen LogP contribution in [0, 0.1) is 0 Å². The lowest BCUT2D eigenvalue weighted by molar-refractivity contribution is 0.180. The maximum atomic E-state index is 9.57. The van der Waals surface area contributed by atoms with Crippen LogP contribution in [0.15, 0.2) is 18.2 Å². The first-order valence-corrected chi connectivity index (χ1v) is 4.86. The van der Waals surface area contributed by atoms with Gasteiger partial charge in [0.05, 0.1) is 12.7 Å². The van der Waals surface area contributed by atoms with Crippen LogP contribution in [-0.4, -0.2) is 23.4 Å². The Hall–Kier alpha value is -1.06. The van der Waals surface area contributed by atoms with Gasteiger partial charge in [0.25, 0.3) is 0 Å². The van der Waals surface area contributed by atoms with Crippen molar-refractivity contribution >= 4 is 0 Å². The number of fused-ring (bicyclic) bond motifs is 1. The van der Waals surface area contributed by atoms with Crippen molar-refractivity contribution in [2.45, 2.75) is 18.9 Å². The smallest absolute Gasteiger partial charge is 0.119 e. The third-order valence-electron chi connectivity index (χ3n) is 2.52. The Labute approximate surface area is 83.0 Å². The monoisotopic (exact) mass is 194 g/mol. The lowest BCUT2D eigenvalue weighted by Gasteiger charge is -2.07. The molecule has 0 aliphatic heterocycles. The second-order valence-electron chi connectivity index (χ2n) is 3.49. The van der Waals surface area contributed by atoms with Gasteiger partial charge in [-0.3, -0.25) is 0 Å². The normalized spacial score (nSPS) is 19.4. The molecule has 3 nitrogen and oxygen atoms in total. The van der Waals surface area contributed by atoms with Crippen molar-refractivity contribution < 1.29 is 14.9 Å². The molecule has 1 atom stereocenters. The molecule has 0 amide bonds. The summed E-state index contributed by atoms with van der Waals surface area (Å²) in [4.78, 5) is 0. The van der Waals surface area contributed by atoms with Crippen LogP contribution in [0.5, 0.6) is 5.75 Å². The van der Waals surface area contributed by atoms with E-state index in [1.807, 2.05) is 18.2 Å². The molecule has 0 fully saturated rings. The van der Waals surface area contributed by atoms with Crippen molar-refractivity contribution in [3.8, 4) is 5.75 Å². The van der Waals surface area contributed by atoms with Gasteiger partial charge in [-0.1, -0.05) is 6.07 Å². The lowest BCUT2D eigenvalue weighted by atomic mass is 10.1. The minimum absolute atomic E-state index is 0.0275. The van der Waals surface area contributed by atoms with E-state index in [4.69, 9.17) is 9.84 Å². The fourth-order valence-electron chi connectivity index (χ4n) is 1.82. The first-order valence-electron chi connectivity index (χ1n) is 4.86. The van der Waals surface area contributed by atoms with Gasteiger partial charge in [0.2, 0.25) is 0 Å². The fourth-order valence-corrected chi connectivity index (χ4v) is 1.82. The number of hydrogen-bond donors (Lipinski definition) is 2. The van der Waals surface area contributed by atoms with Gasteiger partial charge in [-0.05, 0) is 36.1 Å². The van der Waals surface area contributed by atoms with Crippen LogP contribution in [-0.2, 0) is 6.42 Å². The molecule has 3 heteroatoms. The third-order valence-corrected chi connectivity index (χ3v) is 2.52. The van der Waals surface area contributed by atoms with Crippen molar-refractivity contribution in [3.05, 3.63) is 29.3 Å². The van der Waals surface area contributed by atoms with Crippen LogP contribution >= 0.6 is 0 Å². The summed E-state index contributed by atoms with van der Waals surface area (Å²) in [5, 5.41) is 18.2. The molecule has 1 aromatic rings. The first kappa shape index (κ1) is 9.49. The summed E-state index contributed by atoms with van der Waals surface area (Å²) in [6, 6.07) is 5.68. The van der Waals surface area contributed by atoms with Gasteiger partial charge in [-0.15, -0.1) is 0 Å². The van der Waals surface area contributed by atoms with Gasteiger partial charge in [-0.25, -0.2) is 0 Å². The van der Waals surface area contributed by atoms with E-state index in [1.54, 1.807) is 0 Å². The summed E-state index contributed by atoms with van der Waals surface area (Å²) in [5.74, 6) is 0.770. The quantitative estimate of drug-likeness (QED) is 0.755. The molecule has 0 saturated carbocycles. The van der Waals surface area contributed by atoms with E-state index in [0.29, 0.717) is 6.61 Å². The van der Waals surface area contributed by atoms with Crippen LogP contribution in [0.25, 0.3) is 0 Å². The number of ether oxygens (including phenoxy) is 1. The van der Waals surface area contributed by atoms with E-state index >= 15 is 0 Å². The van der Waals surface area contributed by atoms with Crippen LogP contribution in [0.2, 0.25) is 0 Å². The molecule has 76 valence electrons. The average Bonchev–Trinajstić information content (AvgIpc) is 2.57. The molecular weight excluding hydrogens is 180 g/mol. The van der Waals surface area contributed by atoms with Crippen molar-refractivity contribution in [2.75, 3.05) is 13.2 Å². The van der Waals surface area contributed by atoms with Crippen LogP contribution in [0.4, 0.5) is 0 Å². The molecule has 0 heterocycles. The van der Waals surface area contributed by atoms with Gasteiger partial charge < -0.3 is 14.9 Å². The lowest BCUT2D eigenvalue weighted by Crippen LogP contribution is -2.02. The third kappa shape index (κ3) is 1.74. The Morgan fingerprint density at radius 2 is 2.29 bits per heavy atom. The first-order chi connectivity index (χ1) is 6.81. The molecule has 0 saturated heterocycles. The molecule has 0 spiro atoms. The van der Waals surface area contributed by atoms with Crippen molar-refractivity contribution in [1.29, 1.82) is 0 Å². The largest absolute Gasteiger partial charge is 0.491 e. The maximum absolute atomic E-state index is 9.57. The Balaban J connectivity index is 2.15. The highest BCUT2D eigenvalue weighted by molar-refractivity contribution is 5.39. The molecule has 0 bridgehead atoms. The molecule has 2 N–H and O–H groups in total. The maximum Gasteiger partial charge on any atom is 0.119 e. The van der Waals surface area contributed by atoms with Gasteiger partial charge in [-0.2, -0.15) is 0 Å². The summed E-state index contributed by atoms with van der Waals surface area (Å²) in [5.41, 5.74) is 2.18. The standard InChI is InChI=1S/C11H14O3/c12-5-6-14-9-2-3-10-8(7-9)1-4-11(10)13/h2-3,7,11-13H,1,4-6H2/t11-/m0/s1. The van der Waals surface area contributed by atoms with Crippen molar-refractivity contribution in [2.24, 2.45) is 0 Å². The average molecular weight is 194 g/mol. The van der Waals surface area contributed by atoms with Crippen LogP contribution < -0.4 is 4.74 Å². The molecule has 0 aromatic heterocycles. The molecule has 14 heavy (non-hydrogen) atoms. The van der Waals surface area contributed by atoms with Crippen molar-refractivity contribution in [1.82, 2.24) is 0 Å². The Kier molecular flexibility index (Phi) is 2.70. The predicted octanol–water partition coefficient (Wildman–Crippen LogP) is 1.04. The van der Waals surface area contributed by atoms with Gasteiger partial charge >= 0.3 is 0 Å². The second kappa shape index (κ2) is 3.98. The number of benzene rings is 1. The van der Waals surface area contributed by atoms with Crippen molar-refractivity contribution in [3.63, 3.8) is 0 Å². The van der Waals surface area contributed by atoms with E-state index in [1.165, 1.54) is 0 Å². The molecule has 0 radical (unpaired) electrons. The Bertz CT molecular complexity index is 322. The molecule has 1 aliphatic carbocycles. The van der Waals surface area contributed by atoms with E-state index in [2.05, 4.69) is 0 Å². The zero-order valence-electron chi connectivity index (χ0n) is 7.94. The fraction of sp³-hybridized carbons (Fsp3) is 0.455. The molecule has 1 aliphatic rings. The molecule has 1 aromatic carbocycles. The van der Waals surface area contributed by atoms with E-state index in [-0.39, 0.29) is 12.7 Å². The van der Waals surface area contributed by atoms with Gasteiger partial charge in [0, 0.05) is 0 Å².